The van der Waals surface area contributed by atoms with Gasteiger partial charge in [0.15, 0.2) is 5.82 Å². The van der Waals surface area contributed by atoms with Gasteiger partial charge in [-0.2, -0.15) is 4.98 Å². The van der Waals surface area contributed by atoms with Crippen molar-refractivity contribution in [2.24, 2.45) is 5.73 Å². The number of aliphatic carboxylic acids is 1. The first-order chi connectivity index (χ1) is 7.99. The molecule has 8 heteroatoms. The summed E-state index contributed by atoms with van der Waals surface area (Å²) >= 11 is 0. The van der Waals surface area contributed by atoms with Gasteiger partial charge in [0.05, 0.1) is 12.5 Å². The molecule has 0 fully saturated rings. The second kappa shape index (κ2) is 5.94. The van der Waals surface area contributed by atoms with E-state index in [0.29, 0.717) is 18.1 Å². The predicted octanol–water partition coefficient (Wildman–Crippen LogP) is -1.16. The smallest absolute Gasteiger partial charge is 0.305 e. The van der Waals surface area contributed by atoms with Crippen LogP contribution in [0.4, 0.5) is 0 Å². The van der Waals surface area contributed by atoms with E-state index >= 15 is 0 Å². The number of hydrogen-bond acceptors (Lipinski definition) is 6. The Bertz CT molecular complexity index is 403. The van der Waals surface area contributed by atoms with E-state index in [1.807, 2.05) is 0 Å². The quantitative estimate of drug-likeness (QED) is 0.573. The van der Waals surface area contributed by atoms with Crippen molar-refractivity contribution in [2.45, 2.75) is 25.8 Å². The molecule has 1 amide bonds. The summed E-state index contributed by atoms with van der Waals surface area (Å²) in [4.78, 5) is 25.6. The SMILES string of the molecule is Cc1nc(CCNC(=O)C(N)CC(=O)O)no1. The molecule has 0 bridgehead atoms. The molecule has 0 saturated heterocycles. The Morgan fingerprint density at radius 3 is 2.82 bits per heavy atom. The normalized spacial score (nSPS) is 12.1. The van der Waals surface area contributed by atoms with Crippen LogP contribution in [0.1, 0.15) is 18.1 Å². The van der Waals surface area contributed by atoms with Gasteiger partial charge in [-0.1, -0.05) is 5.16 Å². The maximum Gasteiger partial charge on any atom is 0.305 e. The van der Waals surface area contributed by atoms with Crippen LogP contribution in [0.5, 0.6) is 0 Å². The van der Waals surface area contributed by atoms with Gasteiger partial charge >= 0.3 is 5.97 Å². The zero-order valence-corrected chi connectivity index (χ0v) is 9.34. The fourth-order valence-corrected chi connectivity index (χ4v) is 1.15. The fourth-order valence-electron chi connectivity index (χ4n) is 1.15. The Balaban J connectivity index is 2.26. The molecule has 8 nitrogen and oxygen atoms in total. The first-order valence-corrected chi connectivity index (χ1v) is 5.03. The molecule has 0 radical (unpaired) electrons. The highest BCUT2D eigenvalue weighted by atomic mass is 16.5. The van der Waals surface area contributed by atoms with E-state index in [1.54, 1.807) is 6.92 Å². The first-order valence-electron chi connectivity index (χ1n) is 5.03. The average molecular weight is 242 g/mol. The first kappa shape index (κ1) is 13.1. The zero-order valence-electron chi connectivity index (χ0n) is 9.34. The number of carbonyl (C=O) groups excluding carboxylic acids is 1. The minimum absolute atomic E-state index is 0.283. The fraction of sp³-hybridized carbons (Fsp3) is 0.556. The molecule has 1 aromatic heterocycles. The maximum atomic E-state index is 11.3. The van der Waals surface area contributed by atoms with Gasteiger partial charge < -0.3 is 20.7 Å². The Morgan fingerprint density at radius 1 is 1.59 bits per heavy atom. The van der Waals surface area contributed by atoms with E-state index in [4.69, 9.17) is 15.4 Å². The van der Waals surface area contributed by atoms with Crippen molar-refractivity contribution >= 4 is 11.9 Å². The Hall–Kier alpha value is -1.96. The zero-order chi connectivity index (χ0) is 12.8. The third-order valence-electron chi connectivity index (χ3n) is 1.95. The molecule has 0 aliphatic heterocycles. The molecule has 1 atom stereocenters. The lowest BCUT2D eigenvalue weighted by atomic mass is 10.2. The summed E-state index contributed by atoms with van der Waals surface area (Å²) in [5, 5.41) is 14.6. The summed E-state index contributed by atoms with van der Waals surface area (Å²) in [5.41, 5.74) is 5.36. The number of hydrogen-bond donors (Lipinski definition) is 3. The lowest BCUT2D eigenvalue weighted by Crippen LogP contribution is -2.42. The van der Waals surface area contributed by atoms with Crippen LogP contribution in [0.15, 0.2) is 4.52 Å². The van der Waals surface area contributed by atoms with E-state index in [0.717, 1.165) is 0 Å². The number of nitrogens with zero attached hydrogens (tertiary/aromatic N) is 2. The van der Waals surface area contributed by atoms with Crippen molar-refractivity contribution in [2.75, 3.05) is 6.54 Å². The van der Waals surface area contributed by atoms with Gasteiger partial charge in [0.25, 0.3) is 0 Å². The summed E-state index contributed by atoms with van der Waals surface area (Å²) in [7, 11) is 0. The van der Waals surface area contributed by atoms with E-state index < -0.39 is 24.3 Å². The molecule has 0 saturated carbocycles. The summed E-state index contributed by atoms with van der Waals surface area (Å²) < 4.78 is 4.75. The molecule has 1 heterocycles. The van der Waals surface area contributed by atoms with Gasteiger partial charge in [0.2, 0.25) is 11.8 Å². The van der Waals surface area contributed by atoms with Gasteiger partial charge in [-0.15, -0.1) is 0 Å². The standard InChI is InChI=1S/C9H14N4O4/c1-5-12-7(13-17-5)2-3-11-9(16)6(10)4-8(14)15/h6H,2-4,10H2,1H3,(H,11,16)(H,14,15). The van der Waals surface area contributed by atoms with Crippen molar-refractivity contribution in [1.29, 1.82) is 0 Å². The number of carbonyl (C=O) groups is 2. The monoisotopic (exact) mass is 242 g/mol. The second-order valence-electron chi connectivity index (χ2n) is 3.48. The van der Waals surface area contributed by atoms with Crippen LogP contribution in [0.3, 0.4) is 0 Å². The Kier molecular flexibility index (Phi) is 4.58. The van der Waals surface area contributed by atoms with Gasteiger partial charge in [-0.05, 0) is 0 Å². The van der Waals surface area contributed by atoms with Crippen LogP contribution in [-0.2, 0) is 16.0 Å². The van der Waals surface area contributed by atoms with Crippen molar-refractivity contribution in [3.63, 3.8) is 0 Å². The number of nitrogens with one attached hydrogen (secondary N) is 1. The Labute approximate surface area is 97.2 Å². The van der Waals surface area contributed by atoms with Crippen LogP contribution < -0.4 is 11.1 Å². The van der Waals surface area contributed by atoms with Crippen LogP contribution >= 0.6 is 0 Å². The maximum absolute atomic E-state index is 11.3. The summed E-state index contributed by atoms with van der Waals surface area (Å²) in [6.07, 6.45) is 0.00994. The number of aryl methyl sites for hydroxylation is 1. The molecule has 0 aliphatic carbocycles. The van der Waals surface area contributed by atoms with E-state index in [-0.39, 0.29) is 6.54 Å². The molecule has 0 spiro atoms. The molecular weight excluding hydrogens is 228 g/mol. The molecule has 17 heavy (non-hydrogen) atoms. The van der Waals surface area contributed by atoms with Crippen LogP contribution in [0.25, 0.3) is 0 Å². The molecule has 1 rings (SSSR count). The third-order valence-corrected chi connectivity index (χ3v) is 1.95. The third kappa shape index (κ3) is 4.60. The van der Waals surface area contributed by atoms with E-state index in [9.17, 15) is 9.59 Å². The van der Waals surface area contributed by atoms with Crippen LogP contribution in [0.2, 0.25) is 0 Å². The molecular formula is C9H14N4O4. The van der Waals surface area contributed by atoms with Crippen LogP contribution in [-0.4, -0.2) is 39.7 Å². The van der Waals surface area contributed by atoms with Gasteiger partial charge in [0, 0.05) is 19.9 Å². The van der Waals surface area contributed by atoms with E-state index in [1.165, 1.54) is 0 Å². The van der Waals surface area contributed by atoms with E-state index in [2.05, 4.69) is 15.5 Å². The number of amides is 1. The van der Waals surface area contributed by atoms with Crippen molar-refractivity contribution in [3.05, 3.63) is 11.7 Å². The topological polar surface area (TPSA) is 131 Å². The summed E-state index contributed by atoms with van der Waals surface area (Å²) in [6, 6.07) is -1.04. The summed E-state index contributed by atoms with van der Waals surface area (Å²) in [6.45, 7) is 1.95. The average Bonchev–Trinajstić information content (AvgIpc) is 2.63. The highest BCUT2D eigenvalue weighted by Crippen LogP contribution is 1.95. The lowest BCUT2D eigenvalue weighted by Gasteiger charge is -2.08. The van der Waals surface area contributed by atoms with Crippen molar-refractivity contribution < 1.29 is 19.2 Å². The van der Waals surface area contributed by atoms with Gasteiger partial charge in [-0.25, -0.2) is 0 Å². The predicted molar refractivity (Wildman–Crippen MR) is 56.0 cm³/mol. The minimum Gasteiger partial charge on any atom is -0.481 e. The second-order valence-corrected chi connectivity index (χ2v) is 3.48. The highest BCUT2D eigenvalue weighted by molar-refractivity contribution is 5.85. The number of carboxylic acids is 1. The summed E-state index contributed by atoms with van der Waals surface area (Å²) in [5.74, 6) is -0.683. The molecule has 0 aliphatic rings. The highest BCUT2D eigenvalue weighted by Gasteiger charge is 2.16. The largest absolute Gasteiger partial charge is 0.481 e. The van der Waals surface area contributed by atoms with Crippen molar-refractivity contribution in [1.82, 2.24) is 15.5 Å². The number of nitrogens with two attached hydrogens (primary N) is 1. The number of carboxylic acid groups (broad SMARTS) is 1. The molecule has 0 aromatic carbocycles. The Morgan fingerprint density at radius 2 is 2.29 bits per heavy atom. The van der Waals surface area contributed by atoms with Gasteiger partial charge in [0.1, 0.15) is 0 Å². The van der Waals surface area contributed by atoms with Gasteiger partial charge in [-0.3, -0.25) is 9.59 Å². The molecule has 4 N–H and O–H groups in total. The molecule has 1 unspecified atom stereocenters. The molecule has 1 aromatic rings. The number of aromatic nitrogens is 2. The van der Waals surface area contributed by atoms with Crippen LogP contribution in [0, 0.1) is 6.92 Å². The minimum atomic E-state index is -1.11. The van der Waals surface area contributed by atoms with Crippen molar-refractivity contribution in [3.8, 4) is 0 Å². The number of rotatable bonds is 6. The molecule has 94 valence electrons. The lowest BCUT2D eigenvalue weighted by molar-refractivity contribution is -0.139.